The second-order valence-corrected chi connectivity index (χ2v) is 11.0. The molecule has 0 aromatic heterocycles. The third-order valence-corrected chi connectivity index (χ3v) is 9.10. The van der Waals surface area contributed by atoms with Gasteiger partial charge in [-0.3, -0.25) is 4.99 Å². The van der Waals surface area contributed by atoms with Crippen molar-refractivity contribution >= 4 is 40.0 Å². The zero-order valence-electron chi connectivity index (χ0n) is 18.7. The Balaban J connectivity index is 0.00000272. The summed E-state index contributed by atoms with van der Waals surface area (Å²) >= 11 is 0. The standard InChI is InChI=1S/C22H35N5O2S.HI/c1-23-21(26-12-11-22(18-26)9-5-6-10-22)24-17-19-7-3-4-8-20(19)30(28,29)27-15-13-25(2)14-16-27;/h3-4,7-8H,5-6,9-18H2,1-2H3,(H,23,24);1H. The first kappa shape index (κ1) is 24.7. The lowest BCUT2D eigenvalue weighted by Crippen LogP contribution is -2.47. The maximum absolute atomic E-state index is 13.3. The quantitative estimate of drug-likeness (QED) is 0.348. The number of piperazine rings is 1. The molecule has 4 rings (SSSR count). The molecule has 0 unspecified atom stereocenters. The van der Waals surface area contributed by atoms with Crippen LogP contribution >= 0.6 is 24.0 Å². The van der Waals surface area contributed by atoms with E-state index in [9.17, 15) is 8.42 Å². The van der Waals surface area contributed by atoms with E-state index in [0.717, 1.165) is 37.7 Å². The molecule has 1 aromatic carbocycles. The summed E-state index contributed by atoms with van der Waals surface area (Å²) in [5.74, 6) is 0.880. The van der Waals surface area contributed by atoms with Gasteiger partial charge >= 0.3 is 0 Å². The molecule has 1 aromatic rings. The number of nitrogens with one attached hydrogen (secondary N) is 1. The predicted octanol–water partition coefficient (Wildman–Crippen LogP) is 2.58. The molecular formula is C22H36IN5O2S. The van der Waals surface area contributed by atoms with Crippen LogP contribution in [0.5, 0.6) is 0 Å². The van der Waals surface area contributed by atoms with Crippen LogP contribution in [0.25, 0.3) is 0 Å². The maximum atomic E-state index is 13.3. The second kappa shape index (κ2) is 10.4. The minimum atomic E-state index is -3.49. The van der Waals surface area contributed by atoms with E-state index in [1.807, 2.05) is 32.3 Å². The van der Waals surface area contributed by atoms with Gasteiger partial charge in [-0.05, 0) is 43.4 Å². The van der Waals surface area contributed by atoms with Gasteiger partial charge in [-0.1, -0.05) is 31.0 Å². The summed E-state index contributed by atoms with van der Waals surface area (Å²) in [5.41, 5.74) is 1.27. The molecule has 9 heteroatoms. The van der Waals surface area contributed by atoms with Gasteiger partial charge in [0.1, 0.15) is 0 Å². The number of benzene rings is 1. The highest BCUT2D eigenvalue weighted by Gasteiger charge is 2.41. The van der Waals surface area contributed by atoms with Crippen LogP contribution in [0, 0.1) is 5.41 Å². The SMILES string of the molecule is CN=C(NCc1ccccc1S(=O)(=O)N1CCN(C)CC1)N1CCC2(CCCC2)C1.I. The number of rotatable bonds is 4. The summed E-state index contributed by atoms with van der Waals surface area (Å²) < 4.78 is 28.2. The van der Waals surface area contributed by atoms with Crippen molar-refractivity contribution in [1.29, 1.82) is 0 Å². The van der Waals surface area contributed by atoms with Gasteiger partial charge in [0.25, 0.3) is 0 Å². The van der Waals surface area contributed by atoms with Gasteiger partial charge in [0, 0.05) is 52.9 Å². The monoisotopic (exact) mass is 561 g/mol. The molecule has 2 saturated heterocycles. The Bertz CT molecular complexity index is 878. The number of sulfonamides is 1. The average molecular weight is 562 g/mol. The highest BCUT2D eigenvalue weighted by molar-refractivity contribution is 14.0. The minimum Gasteiger partial charge on any atom is -0.352 e. The average Bonchev–Trinajstić information content (AvgIpc) is 3.39. The molecule has 0 amide bonds. The van der Waals surface area contributed by atoms with Crippen LogP contribution in [0.3, 0.4) is 0 Å². The van der Waals surface area contributed by atoms with E-state index in [0.29, 0.717) is 29.9 Å². The normalized spacial score (nSPS) is 22.6. The van der Waals surface area contributed by atoms with E-state index in [4.69, 9.17) is 0 Å². The summed E-state index contributed by atoms with van der Waals surface area (Å²) in [4.78, 5) is 9.42. The molecule has 3 aliphatic rings. The number of halogens is 1. The Morgan fingerprint density at radius 2 is 1.74 bits per heavy atom. The molecule has 7 nitrogen and oxygen atoms in total. The Morgan fingerprint density at radius 1 is 1.06 bits per heavy atom. The number of aliphatic imine (C=N–C) groups is 1. The van der Waals surface area contributed by atoms with Gasteiger partial charge in [-0.15, -0.1) is 24.0 Å². The Labute approximate surface area is 204 Å². The number of hydrogen-bond acceptors (Lipinski definition) is 4. The third kappa shape index (κ3) is 5.36. The highest BCUT2D eigenvalue weighted by Crippen LogP contribution is 2.45. The van der Waals surface area contributed by atoms with E-state index in [1.165, 1.54) is 32.1 Å². The van der Waals surface area contributed by atoms with Crippen molar-refractivity contribution in [3.05, 3.63) is 29.8 Å². The Morgan fingerprint density at radius 3 is 2.42 bits per heavy atom. The molecule has 1 spiro atoms. The van der Waals surface area contributed by atoms with Crippen LogP contribution in [0.4, 0.5) is 0 Å². The van der Waals surface area contributed by atoms with Crippen molar-refractivity contribution in [3.8, 4) is 0 Å². The largest absolute Gasteiger partial charge is 0.352 e. The number of hydrogen-bond donors (Lipinski definition) is 1. The molecule has 1 N–H and O–H groups in total. The lowest BCUT2D eigenvalue weighted by atomic mass is 9.86. The van der Waals surface area contributed by atoms with Crippen LogP contribution < -0.4 is 5.32 Å². The lowest BCUT2D eigenvalue weighted by Gasteiger charge is -2.32. The predicted molar refractivity (Wildman–Crippen MR) is 135 cm³/mol. The summed E-state index contributed by atoms with van der Waals surface area (Å²) in [6.07, 6.45) is 6.58. The molecule has 174 valence electrons. The highest BCUT2D eigenvalue weighted by atomic mass is 127. The lowest BCUT2D eigenvalue weighted by molar-refractivity contribution is 0.222. The summed E-state index contributed by atoms with van der Waals surface area (Å²) in [6.45, 7) is 5.16. The van der Waals surface area contributed by atoms with E-state index in [2.05, 4.69) is 20.1 Å². The molecular weight excluding hydrogens is 525 g/mol. The number of likely N-dealkylation sites (N-methyl/N-ethyl adjacent to an activating group) is 1. The van der Waals surface area contributed by atoms with E-state index < -0.39 is 10.0 Å². The van der Waals surface area contributed by atoms with Gasteiger partial charge in [-0.2, -0.15) is 4.31 Å². The molecule has 2 aliphatic heterocycles. The van der Waals surface area contributed by atoms with E-state index in [-0.39, 0.29) is 24.0 Å². The first-order chi connectivity index (χ1) is 14.4. The summed E-state index contributed by atoms with van der Waals surface area (Å²) in [6, 6.07) is 7.36. The Kier molecular flexibility index (Phi) is 8.26. The van der Waals surface area contributed by atoms with Crippen LogP contribution in [0.15, 0.2) is 34.2 Å². The zero-order chi connectivity index (χ0) is 21.2. The number of likely N-dealkylation sites (tertiary alicyclic amines) is 1. The Hall–Kier alpha value is -0.910. The molecule has 0 radical (unpaired) electrons. The van der Waals surface area contributed by atoms with Gasteiger partial charge in [0.15, 0.2) is 5.96 Å². The summed E-state index contributed by atoms with van der Waals surface area (Å²) in [5, 5.41) is 3.44. The first-order valence-electron chi connectivity index (χ1n) is 11.2. The van der Waals surface area contributed by atoms with Crippen LogP contribution in [0.2, 0.25) is 0 Å². The molecule has 0 bridgehead atoms. The third-order valence-electron chi connectivity index (χ3n) is 7.10. The van der Waals surface area contributed by atoms with Crippen molar-refractivity contribution in [2.24, 2.45) is 10.4 Å². The molecule has 0 atom stereocenters. The van der Waals surface area contributed by atoms with Crippen LogP contribution in [-0.2, 0) is 16.6 Å². The fourth-order valence-electron chi connectivity index (χ4n) is 5.22. The van der Waals surface area contributed by atoms with Gasteiger partial charge in [0.05, 0.1) is 4.90 Å². The topological polar surface area (TPSA) is 68.2 Å². The number of nitrogens with zero attached hydrogens (tertiary/aromatic N) is 4. The fraction of sp³-hybridized carbons (Fsp3) is 0.682. The summed E-state index contributed by atoms with van der Waals surface area (Å²) in [7, 11) is 0.349. The van der Waals surface area contributed by atoms with Crippen molar-refractivity contribution in [3.63, 3.8) is 0 Å². The van der Waals surface area contributed by atoms with Crippen molar-refractivity contribution in [2.75, 3.05) is 53.4 Å². The van der Waals surface area contributed by atoms with Gasteiger partial charge < -0.3 is 15.1 Å². The van der Waals surface area contributed by atoms with Crippen LogP contribution in [-0.4, -0.2) is 81.8 Å². The van der Waals surface area contributed by atoms with E-state index >= 15 is 0 Å². The van der Waals surface area contributed by atoms with Crippen molar-refractivity contribution in [2.45, 2.75) is 43.5 Å². The second-order valence-electron chi connectivity index (χ2n) is 9.09. The fourth-order valence-corrected chi connectivity index (χ4v) is 6.87. The molecule has 3 fully saturated rings. The van der Waals surface area contributed by atoms with Gasteiger partial charge in [0.2, 0.25) is 10.0 Å². The maximum Gasteiger partial charge on any atom is 0.243 e. The molecule has 2 heterocycles. The molecule has 1 saturated carbocycles. The van der Waals surface area contributed by atoms with Crippen molar-refractivity contribution < 1.29 is 8.42 Å². The van der Waals surface area contributed by atoms with Gasteiger partial charge in [-0.25, -0.2) is 8.42 Å². The minimum absolute atomic E-state index is 0. The molecule has 31 heavy (non-hydrogen) atoms. The van der Waals surface area contributed by atoms with Crippen molar-refractivity contribution in [1.82, 2.24) is 19.4 Å². The smallest absolute Gasteiger partial charge is 0.243 e. The van der Waals surface area contributed by atoms with E-state index in [1.54, 1.807) is 10.4 Å². The zero-order valence-corrected chi connectivity index (χ0v) is 21.9. The first-order valence-corrected chi connectivity index (χ1v) is 12.6. The number of guanidine groups is 1. The van der Waals surface area contributed by atoms with Crippen LogP contribution in [0.1, 0.15) is 37.7 Å². The molecule has 1 aliphatic carbocycles.